The van der Waals surface area contributed by atoms with Gasteiger partial charge in [-0.15, -0.1) is 0 Å². The molecular formula is C8H10O. The fourth-order valence-electron chi connectivity index (χ4n) is 0.610. The van der Waals surface area contributed by atoms with Crippen LogP contribution in [0.15, 0.2) is 24.3 Å². The SMILES string of the molecule is [2H]C([2H])([2H])c1ccc(CO)cc1. The van der Waals surface area contributed by atoms with Crippen molar-refractivity contribution in [3.8, 4) is 0 Å². The van der Waals surface area contributed by atoms with Gasteiger partial charge in [0.1, 0.15) is 0 Å². The van der Waals surface area contributed by atoms with Gasteiger partial charge in [-0.3, -0.25) is 0 Å². The largest absolute Gasteiger partial charge is 0.392 e. The summed E-state index contributed by atoms with van der Waals surface area (Å²) in [6.07, 6.45) is 0. The second-order valence-electron chi connectivity index (χ2n) is 1.86. The van der Waals surface area contributed by atoms with Crippen LogP contribution in [0.4, 0.5) is 0 Å². The van der Waals surface area contributed by atoms with E-state index in [1.54, 1.807) is 12.1 Å². The van der Waals surface area contributed by atoms with Gasteiger partial charge in [0.15, 0.2) is 0 Å². The Morgan fingerprint density at radius 2 is 2.11 bits per heavy atom. The van der Waals surface area contributed by atoms with Crippen molar-refractivity contribution in [3.05, 3.63) is 35.4 Å². The first-order valence-electron chi connectivity index (χ1n) is 4.24. The Morgan fingerprint density at radius 1 is 1.44 bits per heavy atom. The highest BCUT2D eigenvalue weighted by molar-refractivity contribution is 5.20. The molecule has 1 rings (SSSR count). The van der Waals surface area contributed by atoms with E-state index in [0.717, 1.165) is 5.56 Å². The molecule has 1 nitrogen and oxygen atoms in total. The van der Waals surface area contributed by atoms with Crippen LogP contribution in [-0.2, 0) is 6.61 Å². The molecule has 0 radical (unpaired) electrons. The molecule has 0 bridgehead atoms. The molecule has 0 unspecified atom stereocenters. The first-order chi connectivity index (χ1) is 5.54. The minimum absolute atomic E-state index is 0.0543. The Kier molecular flexibility index (Phi) is 0.992. The Morgan fingerprint density at radius 3 is 2.56 bits per heavy atom. The van der Waals surface area contributed by atoms with Crippen LogP contribution in [0.3, 0.4) is 0 Å². The fourth-order valence-corrected chi connectivity index (χ4v) is 0.610. The summed E-state index contributed by atoms with van der Waals surface area (Å²) >= 11 is 0. The number of hydrogen-bond acceptors (Lipinski definition) is 1. The zero-order valence-corrected chi connectivity index (χ0v) is 4.96. The maximum Gasteiger partial charge on any atom is 0.0681 e. The molecule has 48 valence electrons. The molecule has 0 spiro atoms. The van der Waals surface area contributed by atoms with Gasteiger partial charge in [0.25, 0.3) is 0 Å². The highest BCUT2D eigenvalue weighted by Crippen LogP contribution is 2.01. The van der Waals surface area contributed by atoms with Crippen LogP contribution in [0.5, 0.6) is 0 Å². The first kappa shape index (κ1) is 3.37. The number of rotatable bonds is 1. The molecule has 1 aromatic rings. The van der Waals surface area contributed by atoms with Gasteiger partial charge in [-0.25, -0.2) is 0 Å². The van der Waals surface area contributed by atoms with Crippen LogP contribution in [0.1, 0.15) is 15.2 Å². The van der Waals surface area contributed by atoms with Crippen molar-refractivity contribution in [2.24, 2.45) is 0 Å². The molecule has 0 aromatic heterocycles. The van der Waals surface area contributed by atoms with Crippen molar-refractivity contribution >= 4 is 0 Å². The molecule has 1 heteroatoms. The second kappa shape index (κ2) is 2.65. The van der Waals surface area contributed by atoms with Crippen LogP contribution < -0.4 is 0 Å². The van der Waals surface area contributed by atoms with E-state index < -0.39 is 6.85 Å². The third kappa shape index (κ3) is 1.54. The quantitative estimate of drug-likeness (QED) is 0.603. The normalized spacial score (nSPS) is 15.9. The fraction of sp³-hybridized carbons (Fsp3) is 0.250. The predicted molar refractivity (Wildman–Crippen MR) is 37.1 cm³/mol. The average molecular weight is 125 g/mol. The summed E-state index contributed by atoms with van der Waals surface area (Å²) in [6, 6.07) is 6.25. The van der Waals surface area contributed by atoms with Crippen LogP contribution >= 0.6 is 0 Å². The molecule has 0 heterocycles. The molecule has 0 fully saturated rings. The molecule has 0 aliphatic carbocycles. The van der Waals surface area contributed by atoms with Crippen LogP contribution in [0, 0.1) is 6.85 Å². The van der Waals surface area contributed by atoms with E-state index in [2.05, 4.69) is 0 Å². The lowest BCUT2D eigenvalue weighted by atomic mass is 10.2. The summed E-state index contributed by atoms with van der Waals surface area (Å²) < 4.78 is 21.2. The van der Waals surface area contributed by atoms with E-state index in [4.69, 9.17) is 9.22 Å². The standard InChI is InChI=1S/C8H10O/c1-7-2-4-8(6-9)5-3-7/h2-5,9H,6H2,1H3/i1D3. The number of hydrogen-bond donors (Lipinski definition) is 1. The summed E-state index contributed by atoms with van der Waals surface area (Å²) in [5, 5.41) is 8.69. The van der Waals surface area contributed by atoms with Crippen molar-refractivity contribution in [1.29, 1.82) is 0 Å². The number of aliphatic hydroxyl groups is 1. The monoisotopic (exact) mass is 125 g/mol. The van der Waals surface area contributed by atoms with Crippen LogP contribution in [-0.4, -0.2) is 5.11 Å². The highest BCUT2D eigenvalue weighted by atomic mass is 16.3. The summed E-state index contributed by atoms with van der Waals surface area (Å²) in [6.45, 7) is -2.10. The topological polar surface area (TPSA) is 20.2 Å². The van der Waals surface area contributed by atoms with Gasteiger partial charge in [-0.2, -0.15) is 0 Å². The van der Waals surface area contributed by atoms with Crippen LogP contribution in [0.2, 0.25) is 0 Å². The van der Waals surface area contributed by atoms with Gasteiger partial charge in [0.2, 0.25) is 0 Å². The summed E-state index contributed by atoms with van der Waals surface area (Å²) in [5.41, 5.74) is 1.03. The number of aliphatic hydroxyl groups excluding tert-OH is 1. The van der Waals surface area contributed by atoms with Gasteiger partial charge >= 0.3 is 0 Å². The lowest BCUT2D eigenvalue weighted by Crippen LogP contribution is -1.80. The summed E-state index contributed by atoms with van der Waals surface area (Å²) in [7, 11) is 0. The second-order valence-corrected chi connectivity index (χ2v) is 1.86. The van der Waals surface area contributed by atoms with Crippen molar-refractivity contribution < 1.29 is 9.22 Å². The van der Waals surface area contributed by atoms with Crippen molar-refractivity contribution in [2.75, 3.05) is 0 Å². The third-order valence-corrected chi connectivity index (χ3v) is 1.14. The van der Waals surface area contributed by atoms with Gasteiger partial charge in [0.05, 0.1) is 6.61 Å². The van der Waals surface area contributed by atoms with E-state index in [1.165, 1.54) is 12.1 Å². The maximum atomic E-state index is 8.69. The minimum atomic E-state index is -2.05. The Bertz CT molecular complexity index is 250. The average Bonchev–Trinajstić information content (AvgIpc) is 2.03. The molecule has 0 saturated carbocycles. The molecule has 0 amide bonds. The molecule has 0 atom stereocenters. The molecule has 0 aliphatic rings. The molecule has 1 aromatic carbocycles. The lowest BCUT2D eigenvalue weighted by Gasteiger charge is -1.93. The zero-order chi connectivity index (χ0) is 9.19. The summed E-state index contributed by atoms with van der Waals surface area (Å²) in [4.78, 5) is 0. The summed E-state index contributed by atoms with van der Waals surface area (Å²) in [5.74, 6) is 0. The highest BCUT2D eigenvalue weighted by Gasteiger charge is 1.85. The lowest BCUT2D eigenvalue weighted by molar-refractivity contribution is 0.282. The molecular weight excluding hydrogens is 112 g/mol. The Labute approximate surface area is 59.2 Å². The van der Waals surface area contributed by atoms with Crippen LogP contribution in [0.25, 0.3) is 0 Å². The van der Waals surface area contributed by atoms with E-state index in [1.807, 2.05) is 0 Å². The smallest absolute Gasteiger partial charge is 0.0681 e. The number of benzene rings is 1. The van der Waals surface area contributed by atoms with Gasteiger partial charge in [-0.1, -0.05) is 29.8 Å². The van der Waals surface area contributed by atoms with Gasteiger partial charge < -0.3 is 5.11 Å². The molecule has 9 heavy (non-hydrogen) atoms. The number of aryl methyl sites for hydroxylation is 1. The predicted octanol–water partition coefficient (Wildman–Crippen LogP) is 1.49. The first-order valence-corrected chi connectivity index (χ1v) is 2.74. The Hall–Kier alpha value is -0.820. The van der Waals surface area contributed by atoms with Crippen molar-refractivity contribution in [1.82, 2.24) is 0 Å². The van der Waals surface area contributed by atoms with Gasteiger partial charge in [-0.05, 0) is 12.4 Å². The maximum absolute atomic E-state index is 8.69. The molecule has 0 aliphatic heterocycles. The van der Waals surface area contributed by atoms with E-state index in [-0.39, 0.29) is 6.61 Å². The van der Waals surface area contributed by atoms with Crippen molar-refractivity contribution in [3.63, 3.8) is 0 Å². The van der Waals surface area contributed by atoms with Gasteiger partial charge in [0, 0.05) is 4.11 Å². The molecule has 0 saturated heterocycles. The molecule has 1 N–H and O–H groups in total. The zero-order valence-electron chi connectivity index (χ0n) is 7.96. The minimum Gasteiger partial charge on any atom is -0.392 e. The van der Waals surface area contributed by atoms with Crippen molar-refractivity contribution in [2.45, 2.75) is 13.5 Å². The van der Waals surface area contributed by atoms with E-state index in [0.29, 0.717) is 5.56 Å². The Balaban J connectivity index is 2.93. The van der Waals surface area contributed by atoms with E-state index in [9.17, 15) is 0 Å². The van der Waals surface area contributed by atoms with E-state index >= 15 is 0 Å². The third-order valence-electron chi connectivity index (χ3n) is 1.14.